The molecule has 5 nitrogen and oxygen atoms in total. The number of sulfonamides is 1. The normalized spacial score (nSPS) is 16.6. The van der Waals surface area contributed by atoms with Gasteiger partial charge in [0.1, 0.15) is 0 Å². The van der Waals surface area contributed by atoms with Gasteiger partial charge >= 0.3 is 0 Å². The maximum atomic E-state index is 12.5. The predicted molar refractivity (Wildman–Crippen MR) is 103 cm³/mol. The van der Waals surface area contributed by atoms with E-state index in [0.29, 0.717) is 24.6 Å². The van der Waals surface area contributed by atoms with Crippen LogP contribution in [0.4, 0.5) is 5.69 Å². The maximum Gasteiger partial charge on any atom is 0.240 e. The molecule has 0 saturated heterocycles. The molecule has 0 aromatic heterocycles. The second-order valence-corrected chi connectivity index (χ2v) is 8.77. The van der Waals surface area contributed by atoms with Gasteiger partial charge in [0.05, 0.1) is 10.8 Å². The first-order valence-corrected chi connectivity index (χ1v) is 10.3. The molecule has 1 heterocycles. The molecule has 1 aliphatic heterocycles. The van der Waals surface area contributed by atoms with Crippen molar-refractivity contribution in [2.24, 2.45) is 0 Å². The van der Waals surface area contributed by atoms with E-state index in [-0.39, 0.29) is 16.7 Å². The summed E-state index contributed by atoms with van der Waals surface area (Å²) in [6.07, 6.45) is 0.624. The monoisotopic (exact) mass is 372 g/mol. The average Bonchev–Trinajstić information content (AvgIpc) is 2.89. The number of rotatable bonds is 6. The lowest BCUT2D eigenvalue weighted by Crippen LogP contribution is -2.26. The number of amides is 1. The standard InChI is InChI=1S/C20H24N2O3S/c1-13(2)16-6-4-15(5-7-16)10-11-21-26(24,25)17-8-9-19-18(12-17)14(3)20(23)22-19/h4-9,12-14,21H,10-11H2,1-3H3,(H,22,23)/t14-/m0/s1. The van der Waals surface area contributed by atoms with E-state index < -0.39 is 10.0 Å². The number of anilines is 1. The summed E-state index contributed by atoms with van der Waals surface area (Å²) >= 11 is 0. The first-order valence-electron chi connectivity index (χ1n) is 8.81. The molecule has 0 radical (unpaired) electrons. The highest BCUT2D eigenvalue weighted by molar-refractivity contribution is 7.89. The second kappa shape index (κ2) is 7.21. The van der Waals surface area contributed by atoms with Gasteiger partial charge in [0, 0.05) is 12.2 Å². The Morgan fingerprint density at radius 2 is 1.81 bits per heavy atom. The molecular weight excluding hydrogens is 348 g/mol. The lowest BCUT2D eigenvalue weighted by atomic mass is 10.0. The second-order valence-electron chi connectivity index (χ2n) is 7.00. The van der Waals surface area contributed by atoms with Crippen molar-refractivity contribution < 1.29 is 13.2 Å². The topological polar surface area (TPSA) is 75.3 Å². The Kier molecular flexibility index (Phi) is 5.16. The third kappa shape index (κ3) is 3.81. The van der Waals surface area contributed by atoms with E-state index in [9.17, 15) is 13.2 Å². The van der Waals surface area contributed by atoms with Crippen molar-refractivity contribution in [3.05, 3.63) is 59.2 Å². The van der Waals surface area contributed by atoms with Crippen LogP contribution in [-0.2, 0) is 21.2 Å². The fourth-order valence-corrected chi connectivity index (χ4v) is 4.11. The predicted octanol–water partition coefficient (Wildman–Crippen LogP) is 3.39. The van der Waals surface area contributed by atoms with E-state index in [0.717, 1.165) is 11.1 Å². The molecule has 26 heavy (non-hydrogen) atoms. The Labute approximate surface area is 154 Å². The minimum absolute atomic E-state index is 0.104. The minimum atomic E-state index is -3.60. The van der Waals surface area contributed by atoms with Crippen LogP contribution in [0.3, 0.4) is 0 Å². The first-order chi connectivity index (χ1) is 12.3. The number of fused-ring (bicyclic) bond motifs is 1. The first kappa shape index (κ1) is 18.6. The van der Waals surface area contributed by atoms with Crippen LogP contribution in [0, 0.1) is 0 Å². The lowest BCUT2D eigenvalue weighted by Gasteiger charge is -2.10. The molecule has 1 atom stereocenters. The van der Waals surface area contributed by atoms with Crippen molar-refractivity contribution >= 4 is 21.6 Å². The van der Waals surface area contributed by atoms with E-state index in [1.807, 2.05) is 12.1 Å². The van der Waals surface area contributed by atoms with Crippen LogP contribution in [0.25, 0.3) is 0 Å². The van der Waals surface area contributed by atoms with Crippen molar-refractivity contribution in [1.29, 1.82) is 0 Å². The Morgan fingerprint density at radius 3 is 2.46 bits per heavy atom. The molecule has 1 amide bonds. The molecule has 3 rings (SSSR count). The molecule has 0 aliphatic carbocycles. The smallest absolute Gasteiger partial charge is 0.240 e. The molecule has 2 aromatic carbocycles. The van der Waals surface area contributed by atoms with Gasteiger partial charge in [-0.1, -0.05) is 38.1 Å². The van der Waals surface area contributed by atoms with Gasteiger partial charge in [-0.15, -0.1) is 0 Å². The number of hydrogen-bond donors (Lipinski definition) is 2. The van der Waals surface area contributed by atoms with Crippen molar-refractivity contribution in [2.75, 3.05) is 11.9 Å². The molecule has 138 valence electrons. The summed E-state index contributed by atoms with van der Waals surface area (Å²) in [6.45, 7) is 6.38. The molecule has 0 bridgehead atoms. The largest absolute Gasteiger partial charge is 0.325 e. The van der Waals surface area contributed by atoms with Crippen molar-refractivity contribution in [1.82, 2.24) is 4.72 Å². The van der Waals surface area contributed by atoms with Crippen LogP contribution in [0.15, 0.2) is 47.4 Å². The van der Waals surface area contributed by atoms with Gasteiger partial charge in [0.2, 0.25) is 15.9 Å². The van der Waals surface area contributed by atoms with Gasteiger partial charge in [-0.3, -0.25) is 4.79 Å². The molecule has 6 heteroatoms. The van der Waals surface area contributed by atoms with Crippen LogP contribution < -0.4 is 10.0 Å². The number of hydrogen-bond acceptors (Lipinski definition) is 3. The maximum absolute atomic E-state index is 12.5. The molecule has 2 N–H and O–H groups in total. The number of benzene rings is 2. The fraction of sp³-hybridized carbons (Fsp3) is 0.350. The van der Waals surface area contributed by atoms with Crippen LogP contribution in [0.2, 0.25) is 0 Å². The number of carbonyl (C=O) groups is 1. The highest BCUT2D eigenvalue weighted by atomic mass is 32.2. The van der Waals surface area contributed by atoms with E-state index in [2.05, 4.69) is 36.0 Å². The van der Waals surface area contributed by atoms with E-state index in [4.69, 9.17) is 0 Å². The van der Waals surface area contributed by atoms with Crippen LogP contribution >= 0.6 is 0 Å². The SMILES string of the molecule is CC(C)c1ccc(CCNS(=O)(=O)c2ccc3c(c2)[C@H](C)C(=O)N3)cc1. The molecule has 0 spiro atoms. The summed E-state index contributed by atoms with van der Waals surface area (Å²) in [5.74, 6) is 0.0399. The summed E-state index contributed by atoms with van der Waals surface area (Å²) in [7, 11) is -3.60. The molecular formula is C20H24N2O3S. The van der Waals surface area contributed by atoms with Gasteiger partial charge < -0.3 is 5.32 Å². The minimum Gasteiger partial charge on any atom is -0.325 e. The van der Waals surface area contributed by atoms with E-state index in [1.54, 1.807) is 19.1 Å². The quantitative estimate of drug-likeness (QED) is 0.816. The average molecular weight is 372 g/mol. The molecule has 2 aromatic rings. The Balaban J connectivity index is 1.65. The van der Waals surface area contributed by atoms with Gasteiger partial charge in [-0.25, -0.2) is 13.1 Å². The molecule has 0 unspecified atom stereocenters. The zero-order valence-corrected chi connectivity index (χ0v) is 16.1. The summed E-state index contributed by atoms with van der Waals surface area (Å²) in [4.78, 5) is 11.9. The van der Waals surface area contributed by atoms with Gasteiger partial charge in [-0.2, -0.15) is 0 Å². The summed E-state index contributed by atoms with van der Waals surface area (Å²) in [5, 5.41) is 2.75. The van der Waals surface area contributed by atoms with E-state index >= 15 is 0 Å². The van der Waals surface area contributed by atoms with Gasteiger partial charge in [-0.05, 0) is 54.2 Å². The Morgan fingerprint density at radius 1 is 1.12 bits per heavy atom. The van der Waals surface area contributed by atoms with Crippen molar-refractivity contribution in [3.8, 4) is 0 Å². The summed E-state index contributed by atoms with van der Waals surface area (Å²) < 4.78 is 27.7. The fourth-order valence-electron chi connectivity index (χ4n) is 3.04. The van der Waals surface area contributed by atoms with Crippen molar-refractivity contribution in [2.45, 2.75) is 43.9 Å². The van der Waals surface area contributed by atoms with E-state index in [1.165, 1.54) is 11.6 Å². The third-order valence-corrected chi connectivity index (χ3v) is 6.26. The molecule has 0 fully saturated rings. The van der Waals surface area contributed by atoms with Crippen LogP contribution in [0.5, 0.6) is 0 Å². The van der Waals surface area contributed by atoms with Crippen molar-refractivity contribution in [3.63, 3.8) is 0 Å². The Bertz CT molecular complexity index is 919. The Hall–Kier alpha value is -2.18. The third-order valence-electron chi connectivity index (χ3n) is 4.80. The zero-order valence-electron chi connectivity index (χ0n) is 15.2. The molecule has 1 aliphatic rings. The highest BCUT2D eigenvalue weighted by Gasteiger charge is 2.28. The van der Waals surface area contributed by atoms with Crippen LogP contribution in [0.1, 0.15) is 49.3 Å². The zero-order chi connectivity index (χ0) is 18.9. The summed E-state index contributed by atoms with van der Waals surface area (Å²) in [5.41, 5.74) is 3.77. The highest BCUT2D eigenvalue weighted by Crippen LogP contribution is 2.33. The number of nitrogens with one attached hydrogen (secondary N) is 2. The lowest BCUT2D eigenvalue weighted by molar-refractivity contribution is -0.116. The molecule has 0 saturated carbocycles. The number of carbonyl (C=O) groups excluding carboxylic acids is 1. The summed E-state index contributed by atoms with van der Waals surface area (Å²) in [6, 6.07) is 13.0. The van der Waals surface area contributed by atoms with Gasteiger partial charge in [0.15, 0.2) is 0 Å². The van der Waals surface area contributed by atoms with Gasteiger partial charge in [0.25, 0.3) is 0 Å². The van der Waals surface area contributed by atoms with Crippen LogP contribution in [-0.4, -0.2) is 20.9 Å².